The topological polar surface area (TPSA) is 71.5 Å². The molecule has 7 nitrogen and oxygen atoms in total. The number of halogens is 1. The van der Waals surface area contributed by atoms with Crippen LogP contribution in [0.1, 0.15) is 32.6 Å². The zero-order valence-electron chi connectivity index (χ0n) is 17.3. The van der Waals surface area contributed by atoms with Crippen molar-refractivity contribution in [3.8, 4) is 11.3 Å². The third-order valence-electron chi connectivity index (χ3n) is 6.02. The summed E-state index contributed by atoms with van der Waals surface area (Å²) in [5.41, 5.74) is 1.51. The summed E-state index contributed by atoms with van der Waals surface area (Å²) >= 11 is 0. The molecule has 160 valence electrons. The van der Waals surface area contributed by atoms with Gasteiger partial charge < -0.3 is 9.64 Å². The number of anilines is 1. The van der Waals surface area contributed by atoms with E-state index in [4.69, 9.17) is 4.74 Å². The summed E-state index contributed by atoms with van der Waals surface area (Å²) in [6.45, 7) is 5.83. The Morgan fingerprint density at radius 1 is 1.17 bits per heavy atom. The van der Waals surface area contributed by atoms with Crippen LogP contribution in [-0.2, 0) is 9.53 Å². The Hall–Kier alpha value is -2.61. The third-order valence-corrected chi connectivity index (χ3v) is 6.02. The predicted molar refractivity (Wildman–Crippen MR) is 111 cm³/mol. The van der Waals surface area contributed by atoms with Crippen molar-refractivity contribution in [2.24, 2.45) is 5.92 Å². The van der Waals surface area contributed by atoms with E-state index in [2.05, 4.69) is 25.0 Å². The van der Waals surface area contributed by atoms with Crippen molar-refractivity contribution in [2.75, 3.05) is 37.7 Å². The van der Waals surface area contributed by atoms with E-state index in [1.807, 2.05) is 6.92 Å². The molecule has 8 heteroatoms. The largest absolute Gasteiger partial charge is 0.466 e. The fraction of sp³-hybridized carbons (Fsp3) is 0.545. The number of carbonyl (C=O) groups excluding carboxylic acids is 1. The van der Waals surface area contributed by atoms with Crippen molar-refractivity contribution in [2.45, 2.75) is 38.6 Å². The molecule has 0 radical (unpaired) electrons. The number of esters is 1. The van der Waals surface area contributed by atoms with Gasteiger partial charge in [-0.25, -0.2) is 9.37 Å². The van der Waals surface area contributed by atoms with Crippen LogP contribution in [0.4, 0.5) is 10.3 Å². The first kappa shape index (κ1) is 20.7. The van der Waals surface area contributed by atoms with Crippen LogP contribution in [0.2, 0.25) is 0 Å². The molecule has 0 N–H and O–H groups in total. The van der Waals surface area contributed by atoms with Crippen molar-refractivity contribution in [3.63, 3.8) is 0 Å². The van der Waals surface area contributed by atoms with Crippen molar-refractivity contribution in [1.29, 1.82) is 0 Å². The molecule has 3 heterocycles. The van der Waals surface area contributed by atoms with Gasteiger partial charge in [-0.3, -0.25) is 9.69 Å². The molecule has 0 spiro atoms. The number of hydrogen-bond acceptors (Lipinski definition) is 7. The number of ether oxygens (including phenoxy) is 1. The van der Waals surface area contributed by atoms with Gasteiger partial charge in [0.2, 0.25) is 5.95 Å². The van der Waals surface area contributed by atoms with Crippen LogP contribution in [-0.4, -0.2) is 64.9 Å². The summed E-state index contributed by atoms with van der Waals surface area (Å²) in [6.07, 6.45) is 5.56. The minimum absolute atomic E-state index is 0.00310. The van der Waals surface area contributed by atoms with Crippen molar-refractivity contribution < 1.29 is 13.9 Å². The predicted octanol–water partition coefficient (Wildman–Crippen LogP) is 2.92. The quantitative estimate of drug-likeness (QED) is 0.698. The van der Waals surface area contributed by atoms with E-state index in [9.17, 15) is 9.18 Å². The molecular formula is C22H28FN5O2. The van der Waals surface area contributed by atoms with E-state index >= 15 is 0 Å². The van der Waals surface area contributed by atoms with Gasteiger partial charge >= 0.3 is 5.97 Å². The highest BCUT2D eigenvalue weighted by Gasteiger charge is 2.32. The number of aromatic nitrogens is 3. The van der Waals surface area contributed by atoms with Crippen molar-refractivity contribution in [3.05, 3.63) is 36.3 Å². The minimum atomic E-state index is -0.272. The molecule has 0 amide bonds. The zero-order chi connectivity index (χ0) is 20.9. The second-order valence-corrected chi connectivity index (χ2v) is 7.95. The summed E-state index contributed by atoms with van der Waals surface area (Å²) < 4.78 is 18.4. The minimum Gasteiger partial charge on any atom is -0.466 e. The highest BCUT2D eigenvalue weighted by atomic mass is 19.1. The summed E-state index contributed by atoms with van der Waals surface area (Å²) in [5, 5.41) is 8.32. The van der Waals surface area contributed by atoms with Gasteiger partial charge in [-0.1, -0.05) is 0 Å². The van der Waals surface area contributed by atoms with Gasteiger partial charge in [0.15, 0.2) is 0 Å². The molecule has 1 aromatic carbocycles. The van der Waals surface area contributed by atoms with Gasteiger partial charge in [0.25, 0.3) is 0 Å². The van der Waals surface area contributed by atoms with Gasteiger partial charge in [-0.15, -0.1) is 5.10 Å². The van der Waals surface area contributed by atoms with Gasteiger partial charge in [0, 0.05) is 31.2 Å². The lowest BCUT2D eigenvalue weighted by Gasteiger charge is -2.41. The lowest BCUT2D eigenvalue weighted by molar-refractivity contribution is -0.150. The van der Waals surface area contributed by atoms with E-state index in [0.29, 0.717) is 24.3 Å². The SMILES string of the molecule is CCOC(=O)C1CCCN(C2CCN(c3nncc(-c4ccc(F)cc4)n3)CC2)C1. The fourth-order valence-electron chi connectivity index (χ4n) is 4.41. The molecule has 0 saturated carbocycles. The first-order chi connectivity index (χ1) is 14.6. The highest BCUT2D eigenvalue weighted by Crippen LogP contribution is 2.26. The first-order valence-electron chi connectivity index (χ1n) is 10.8. The van der Waals surface area contributed by atoms with E-state index in [1.165, 1.54) is 12.1 Å². The smallest absolute Gasteiger partial charge is 0.310 e. The van der Waals surface area contributed by atoms with Gasteiger partial charge in [0.05, 0.1) is 24.4 Å². The van der Waals surface area contributed by atoms with E-state index < -0.39 is 0 Å². The Bertz CT molecular complexity index is 855. The lowest BCUT2D eigenvalue weighted by atomic mass is 9.94. The number of likely N-dealkylation sites (tertiary alicyclic amines) is 1. The molecule has 1 aromatic heterocycles. The molecule has 2 saturated heterocycles. The van der Waals surface area contributed by atoms with Crippen LogP contribution < -0.4 is 4.90 Å². The average Bonchev–Trinajstić information content (AvgIpc) is 2.80. The van der Waals surface area contributed by atoms with Crippen LogP contribution in [0.5, 0.6) is 0 Å². The molecule has 1 atom stereocenters. The summed E-state index contributed by atoms with van der Waals surface area (Å²) in [7, 11) is 0. The molecule has 0 bridgehead atoms. The van der Waals surface area contributed by atoms with Crippen LogP contribution >= 0.6 is 0 Å². The van der Waals surface area contributed by atoms with E-state index in [1.54, 1.807) is 18.3 Å². The zero-order valence-corrected chi connectivity index (χ0v) is 17.3. The Labute approximate surface area is 176 Å². The standard InChI is InChI=1S/C22H28FN5O2/c1-2-30-21(29)17-4-3-11-28(15-17)19-9-12-27(13-10-19)22-25-20(14-24-26-22)16-5-7-18(23)8-6-16/h5-8,14,17,19H,2-4,9-13,15H2,1H3. The number of carbonyl (C=O) groups is 1. The number of nitrogens with zero attached hydrogens (tertiary/aromatic N) is 5. The molecule has 1 unspecified atom stereocenters. The van der Waals surface area contributed by atoms with Gasteiger partial charge in [0.1, 0.15) is 5.82 Å². The number of benzene rings is 1. The molecule has 2 aromatic rings. The monoisotopic (exact) mass is 413 g/mol. The number of hydrogen-bond donors (Lipinski definition) is 0. The Morgan fingerprint density at radius 3 is 2.67 bits per heavy atom. The van der Waals surface area contributed by atoms with E-state index in [0.717, 1.165) is 57.4 Å². The van der Waals surface area contributed by atoms with Crippen LogP contribution in [0, 0.1) is 11.7 Å². The molecule has 2 fully saturated rings. The van der Waals surface area contributed by atoms with Crippen LogP contribution in [0.15, 0.2) is 30.5 Å². The second-order valence-electron chi connectivity index (χ2n) is 7.95. The highest BCUT2D eigenvalue weighted by molar-refractivity contribution is 5.72. The van der Waals surface area contributed by atoms with Crippen molar-refractivity contribution >= 4 is 11.9 Å². The summed E-state index contributed by atoms with van der Waals surface area (Å²) in [6, 6.07) is 6.71. The van der Waals surface area contributed by atoms with E-state index in [-0.39, 0.29) is 17.7 Å². The molecular weight excluding hydrogens is 385 g/mol. The average molecular weight is 413 g/mol. The maximum absolute atomic E-state index is 13.2. The maximum atomic E-state index is 13.2. The fourth-order valence-corrected chi connectivity index (χ4v) is 4.41. The van der Waals surface area contributed by atoms with Crippen LogP contribution in [0.25, 0.3) is 11.3 Å². The third kappa shape index (κ3) is 4.75. The number of piperidine rings is 2. The van der Waals surface area contributed by atoms with Gasteiger partial charge in [-0.2, -0.15) is 5.10 Å². The Morgan fingerprint density at radius 2 is 1.93 bits per heavy atom. The Kier molecular flexibility index (Phi) is 6.52. The summed E-state index contributed by atoms with van der Waals surface area (Å²) in [5.74, 6) is 0.276. The molecule has 4 rings (SSSR count). The Balaban J connectivity index is 1.36. The molecule has 30 heavy (non-hydrogen) atoms. The normalized spacial score (nSPS) is 20.9. The lowest BCUT2D eigenvalue weighted by Crippen LogP contribution is -2.50. The molecule has 2 aliphatic rings. The second kappa shape index (κ2) is 9.47. The summed E-state index contributed by atoms with van der Waals surface area (Å²) in [4.78, 5) is 21.4. The first-order valence-corrected chi connectivity index (χ1v) is 10.8. The van der Waals surface area contributed by atoms with Gasteiger partial charge in [-0.05, 0) is 63.4 Å². The molecule has 2 aliphatic heterocycles. The number of rotatable bonds is 5. The molecule has 0 aliphatic carbocycles. The van der Waals surface area contributed by atoms with Crippen LogP contribution in [0.3, 0.4) is 0 Å². The van der Waals surface area contributed by atoms with Crippen molar-refractivity contribution in [1.82, 2.24) is 20.1 Å². The maximum Gasteiger partial charge on any atom is 0.310 e.